The lowest BCUT2D eigenvalue weighted by atomic mass is 9.94. The molecule has 1 rings (SSSR count). The summed E-state index contributed by atoms with van der Waals surface area (Å²) < 4.78 is 5.57. The van der Waals surface area contributed by atoms with E-state index in [1.54, 1.807) is 18.5 Å². The van der Waals surface area contributed by atoms with Gasteiger partial charge >= 0.3 is 0 Å². The van der Waals surface area contributed by atoms with E-state index in [-0.39, 0.29) is 23.8 Å². The first-order valence-corrected chi connectivity index (χ1v) is 7.31. The van der Waals surface area contributed by atoms with E-state index in [9.17, 15) is 4.79 Å². The van der Waals surface area contributed by atoms with Crippen LogP contribution in [0.3, 0.4) is 0 Å². The maximum Gasteiger partial charge on any atom is 0.167 e. The van der Waals surface area contributed by atoms with Crippen LogP contribution in [-0.2, 0) is 0 Å². The van der Waals surface area contributed by atoms with Crippen molar-refractivity contribution in [3.8, 4) is 5.75 Å². The first-order chi connectivity index (χ1) is 9.40. The number of nitrogens with two attached hydrogens (primary N) is 1. The largest absolute Gasteiger partial charge is 0.489 e. The van der Waals surface area contributed by atoms with Crippen molar-refractivity contribution in [1.29, 1.82) is 0 Å². The molecule has 0 aliphatic rings. The Morgan fingerprint density at radius 1 is 1.25 bits per heavy atom. The summed E-state index contributed by atoms with van der Waals surface area (Å²) in [6.07, 6.45) is 6.10. The molecule has 0 saturated carbocycles. The molecule has 2 atom stereocenters. The number of ether oxygens (including phenoxy) is 1. The molecule has 2 N–H and O–H groups in total. The molecule has 0 aliphatic heterocycles. The van der Waals surface area contributed by atoms with Crippen LogP contribution in [0.2, 0.25) is 0 Å². The summed E-state index contributed by atoms with van der Waals surface area (Å²) in [5.41, 5.74) is 6.34. The Morgan fingerprint density at radius 2 is 1.95 bits per heavy atom. The van der Waals surface area contributed by atoms with Crippen molar-refractivity contribution < 1.29 is 9.53 Å². The van der Waals surface area contributed by atoms with Crippen LogP contribution in [0.5, 0.6) is 5.75 Å². The summed E-state index contributed by atoms with van der Waals surface area (Å²) >= 11 is 0. The van der Waals surface area contributed by atoms with Crippen LogP contribution in [0.15, 0.2) is 18.5 Å². The minimum atomic E-state index is -0.00940. The van der Waals surface area contributed by atoms with Crippen LogP contribution in [0.1, 0.15) is 57.3 Å². The van der Waals surface area contributed by atoms with Gasteiger partial charge in [-0.2, -0.15) is 0 Å². The van der Waals surface area contributed by atoms with E-state index in [4.69, 9.17) is 10.5 Å². The van der Waals surface area contributed by atoms with Crippen molar-refractivity contribution in [2.24, 2.45) is 11.7 Å². The van der Waals surface area contributed by atoms with Gasteiger partial charge < -0.3 is 10.5 Å². The molecule has 4 heteroatoms. The molecule has 0 fully saturated rings. The van der Waals surface area contributed by atoms with Gasteiger partial charge in [0.25, 0.3) is 0 Å². The Morgan fingerprint density at radius 3 is 2.55 bits per heavy atom. The second kappa shape index (κ2) is 8.00. The van der Waals surface area contributed by atoms with Gasteiger partial charge in [-0.15, -0.1) is 0 Å². The fourth-order valence-corrected chi connectivity index (χ4v) is 2.05. The normalized spacial score (nSPS) is 14.1. The minimum Gasteiger partial charge on any atom is -0.489 e. The summed E-state index contributed by atoms with van der Waals surface area (Å²) in [5.74, 6) is 0.759. The molecule has 0 bridgehead atoms. The van der Waals surface area contributed by atoms with E-state index in [0.717, 1.165) is 19.3 Å². The highest BCUT2D eigenvalue weighted by Gasteiger charge is 2.16. The Kier molecular flexibility index (Phi) is 6.65. The molecule has 2 unspecified atom stereocenters. The molecule has 20 heavy (non-hydrogen) atoms. The van der Waals surface area contributed by atoms with Crippen LogP contribution in [0.25, 0.3) is 0 Å². The third-order valence-electron chi connectivity index (χ3n) is 3.11. The van der Waals surface area contributed by atoms with E-state index >= 15 is 0 Å². The van der Waals surface area contributed by atoms with Crippen molar-refractivity contribution in [3.63, 3.8) is 0 Å². The Labute approximate surface area is 121 Å². The highest BCUT2D eigenvalue weighted by atomic mass is 16.5. The summed E-state index contributed by atoms with van der Waals surface area (Å²) in [4.78, 5) is 16.4. The molecule has 112 valence electrons. The zero-order chi connectivity index (χ0) is 15.1. The third-order valence-corrected chi connectivity index (χ3v) is 3.11. The maximum absolute atomic E-state index is 12.3. The van der Waals surface area contributed by atoms with Crippen LogP contribution < -0.4 is 10.5 Å². The first-order valence-electron chi connectivity index (χ1n) is 7.31. The highest BCUT2D eigenvalue weighted by molar-refractivity contribution is 5.97. The number of aromatic nitrogens is 1. The average Bonchev–Trinajstić information content (AvgIpc) is 2.36. The molecule has 4 nitrogen and oxygen atoms in total. The number of rotatable bonds is 8. The molecule has 0 amide bonds. The van der Waals surface area contributed by atoms with Gasteiger partial charge in [0.1, 0.15) is 5.75 Å². The van der Waals surface area contributed by atoms with Gasteiger partial charge in [-0.25, -0.2) is 0 Å². The molecule has 0 spiro atoms. The van der Waals surface area contributed by atoms with Crippen molar-refractivity contribution >= 4 is 5.78 Å². The minimum absolute atomic E-state index is 0.00940. The van der Waals surface area contributed by atoms with Gasteiger partial charge in [-0.05, 0) is 39.7 Å². The average molecular weight is 278 g/mol. The van der Waals surface area contributed by atoms with Crippen molar-refractivity contribution in [3.05, 3.63) is 24.0 Å². The lowest BCUT2D eigenvalue weighted by Crippen LogP contribution is -2.16. The van der Waals surface area contributed by atoms with E-state index in [1.807, 2.05) is 27.7 Å². The molecule has 0 saturated heterocycles. The molecule has 0 aliphatic carbocycles. The summed E-state index contributed by atoms with van der Waals surface area (Å²) in [6, 6.07) is 1.97. The predicted octanol–water partition coefficient (Wildman–Crippen LogP) is 3.21. The molecular weight excluding hydrogens is 252 g/mol. The number of Topliss-reactive ketones (excluding diaryl/α,β-unsaturated/α-hetero) is 1. The highest BCUT2D eigenvalue weighted by Crippen LogP contribution is 2.19. The Bertz CT molecular complexity index is 430. The second-order valence-electron chi connectivity index (χ2n) is 5.75. The van der Waals surface area contributed by atoms with Gasteiger partial charge in [-0.3, -0.25) is 9.78 Å². The summed E-state index contributed by atoms with van der Waals surface area (Å²) in [5, 5.41) is 0. The SMILES string of the molecule is CC(N)CCCC(C)C(=O)c1cncc(OC(C)C)c1. The number of carbonyl (C=O) groups is 1. The van der Waals surface area contributed by atoms with Crippen LogP contribution in [-0.4, -0.2) is 22.9 Å². The van der Waals surface area contributed by atoms with Gasteiger partial charge in [0.2, 0.25) is 0 Å². The fourth-order valence-electron chi connectivity index (χ4n) is 2.05. The monoisotopic (exact) mass is 278 g/mol. The Hall–Kier alpha value is -1.42. The summed E-state index contributed by atoms with van der Waals surface area (Å²) in [7, 11) is 0. The van der Waals surface area contributed by atoms with E-state index in [2.05, 4.69) is 4.98 Å². The Balaban J connectivity index is 2.61. The number of ketones is 1. The number of pyridine rings is 1. The second-order valence-corrected chi connectivity index (χ2v) is 5.75. The van der Waals surface area contributed by atoms with E-state index in [0.29, 0.717) is 11.3 Å². The van der Waals surface area contributed by atoms with Crippen LogP contribution in [0, 0.1) is 5.92 Å². The van der Waals surface area contributed by atoms with Crippen LogP contribution in [0.4, 0.5) is 0 Å². The number of hydrogen-bond acceptors (Lipinski definition) is 4. The number of hydrogen-bond donors (Lipinski definition) is 1. The quantitative estimate of drug-likeness (QED) is 0.742. The molecule has 1 aromatic rings. The standard InChI is InChI=1S/C16H26N2O2/c1-11(2)20-15-8-14(9-18-10-15)16(19)12(3)6-5-7-13(4)17/h8-13H,5-7,17H2,1-4H3. The molecule has 1 aromatic heterocycles. The van der Waals surface area contributed by atoms with Gasteiger partial charge in [-0.1, -0.05) is 13.3 Å². The lowest BCUT2D eigenvalue weighted by molar-refractivity contribution is 0.0921. The van der Waals surface area contributed by atoms with Crippen LogP contribution >= 0.6 is 0 Å². The van der Waals surface area contributed by atoms with E-state index in [1.165, 1.54) is 0 Å². The van der Waals surface area contributed by atoms with E-state index < -0.39 is 0 Å². The maximum atomic E-state index is 12.3. The third kappa shape index (κ3) is 5.70. The predicted molar refractivity (Wildman–Crippen MR) is 81.0 cm³/mol. The zero-order valence-corrected chi connectivity index (χ0v) is 12.9. The topological polar surface area (TPSA) is 65.2 Å². The zero-order valence-electron chi connectivity index (χ0n) is 12.9. The van der Waals surface area contributed by atoms with Gasteiger partial charge in [0.15, 0.2) is 5.78 Å². The molecule has 0 radical (unpaired) electrons. The van der Waals surface area contributed by atoms with Gasteiger partial charge in [0.05, 0.1) is 12.3 Å². The first kappa shape index (κ1) is 16.6. The number of carbonyl (C=O) groups excluding carboxylic acids is 1. The smallest absolute Gasteiger partial charge is 0.167 e. The number of nitrogens with zero attached hydrogens (tertiary/aromatic N) is 1. The summed E-state index contributed by atoms with van der Waals surface area (Å²) in [6.45, 7) is 7.85. The van der Waals surface area contributed by atoms with Crippen molar-refractivity contribution in [1.82, 2.24) is 4.98 Å². The van der Waals surface area contributed by atoms with Gasteiger partial charge in [0, 0.05) is 23.7 Å². The lowest BCUT2D eigenvalue weighted by Gasteiger charge is -2.13. The molecular formula is C16H26N2O2. The van der Waals surface area contributed by atoms with Crippen molar-refractivity contribution in [2.45, 2.75) is 59.1 Å². The molecule has 1 heterocycles. The fraction of sp³-hybridized carbons (Fsp3) is 0.625. The van der Waals surface area contributed by atoms with Crippen molar-refractivity contribution in [2.75, 3.05) is 0 Å². The molecule has 0 aromatic carbocycles.